The van der Waals surface area contributed by atoms with Gasteiger partial charge in [0, 0.05) is 28.6 Å². The number of hydrogen-bond acceptors (Lipinski definition) is 3. The lowest BCUT2D eigenvalue weighted by molar-refractivity contribution is 0.0948. The van der Waals surface area contributed by atoms with Crippen LogP contribution < -0.4 is 10.6 Å². The van der Waals surface area contributed by atoms with Crippen molar-refractivity contribution in [2.45, 2.75) is 26.7 Å². The molecule has 0 unspecified atom stereocenters. The zero-order valence-corrected chi connectivity index (χ0v) is 14.4. The number of amides is 1. The first-order chi connectivity index (χ1) is 10.6. The van der Waals surface area contributed by atoms with E-state index in [1.807, 2.05) is 31.2 Å². The Morgan fingerprint density at radius 2 is 2.00 bits per heavy atom. The number of unbranched alkanes of at least 4 members (excludes halogenated alkanes) is 1. The van der Waals surface area contributed by atoms with Crippen molar-refractivity contribution in [1.29, 1.82) is 0 Å². The lowest BCUT2D eigenvalue weighted by atomic mass is 10.2. The fourth-order valence-electron chi connectivity index (χ4n) is 1.94. The largest absolute Gasteiger partial charge is 0.355 e. The molecule has 1 aromatic heterocycles. The average molecular weight is 362 g/mol. The number of aromatic nitrogens is 1. The van der Waals surface area contributed by atoms with Crippen LogP contribution in [0.5, 0.6) is 0 Å². The maximum absolute atomic E-state index is 12.0. The molecule has 0 fully saturated rings. The number of nitrogens with zero attached hydrogens (tertiary/aromatic N) is 1. The van der Waals surface area contributed by atoms with E-state index in [1.54, 1.807) is 12.3 Å². The molecule has 0 saturated heterocycles. The fourth-order valence-corrected chi connectivity index (χ4v) is 2.32. The molecule has 2 aromatic rings. The first-order valence-electron chi connectivity index (χ1n) is 7.37. The minimum Gasteiger partial charge on any atom is -0.355 e. The number of aryl methyl sites for hydroxylation is 1. The van der Waals surface area contributed by atoms with E-state index in [-0.39, 0.29) is 5.91 Å². The quantitative estimate of drug-likeness (QED) is 0.748. The molecule has 0 aliphatic rings. The second-order valence-corrected chi connectivity index (χ2v) is 5.98. The van der Waals surface area contributed by atoms with Crippen molar-refractivity contribution < 1.29 is 4.79 Å². The Labute approximate surface area is 139 Å². The van der Waals surface area contributed by atoms with Gasteiger partial charge in [-0.05, 0) is 43.2 Å². The molecule has 116 valence electrons. The number of carbonyl (C=O) groups is 1. The van der Waals surface area contributed by atoms with Gasteiger partial charge in [0.1, 0.15) is 5.69 Å². The summed E-state index contributed by atoms with van der Waals surface area (Å²) in [4.78, 5) is 16.1. The first-order valence-corrected chi connectivity index (χ1v) is 8.17. The molecule has 4 nitrogen and oxygen atoms in total. The van der Waals surface area contributed by atoms with E-state index < -0.39 is 0 Å². The third-order valence-corrected chi connectivity index (χ3v) is 4.12. The molecule has 22 heavy (non-hydrogen) atoms. The molecule has 2 N–H and O–H groups in total. The van der Waals surface area contributed by atoms with Crippen LogP contribution in [0, 0.1) is 6.92 Å². The lowest BCUT2D eigenvalue weighted by Crippen LogP contribution is -2.25. The maximum Gasteiger partial charge on any atom is 0.269 e. The second kappa shape index (κ2) is 7.94. The zero-order valence-electron chi connectivity index (χ0n) is 12.8. The summed E-state index contributed by atoms with van der Waals surface area (Å²) in [6, 6.07) is 9.65. The van der Waals surface area contributed by atoms with Gasteiger partial charge in [0.05, 0.1) is 0 Å². The van der Waals surface area contributed by atoms with Crippen molar-refractivity contribution in [3.63, 3.8) is 0 Å². The van der Waals surface area contributed by atoms with Crippen LogP contribution in [0.3, 0.4) is 0 Å². The Balaban J connectivity index is 2.07. The Morgan fingerprint density at radius 1 is 1.23 bits per heavy atom. The molecule has 0 radical (unpaired) electrons. The summed E-state index contributed by atoms with van der Waals surface area (Å²) in [5.41, 5.74) is 3.40. The SMILES string of the molecule is CCCCNC(=O)c1cc(Nc2ccc(C)c(Br)c2)ccn1. The number of pyridine rings is 1. The smallest absolute Gasteiger partial charge is 0.269 e. The Morgan fingerprint density at radius 3 is 2.73 bits per heavy atom. The van der Waals surface area contributed by atoms with Crippen molar-refractivity contribution in [3.8, 4) is 0 Å². The Kier molecular flexibility index (Phi) is 5.95. The highest BCUT2D eigenvalue weighted by Crippen LogP contribution is 2.23. The van der Waals surface area contributed by atoms with Crippen LogP contribution in [0.2, 0.25) is 0 Å². The van der Waals surface area contributed by atoms with Gasteiger partial charge in [0.25, 0.3) is 5.91 Å². The predicted molar refractivity (Wildman–Crippen MR) is 93.6 cm³/mol. The van der Waals surface area contributed by atoms with Crippen LogP contribution in [0.15, 0.2) is 41.0 Å². The number of benzene rings is 1. The maximum atomic E-state index is 12.0. The van der Waals surface area contributed by atoms with Crippen LogP contribution in [-0.4, -0.2) is 17.4 Å². The number of carbonyl (C=O) groups excluding carboxylic acids is 1. The molecule has 0 saturated carbocycles. The normalized spacial score (nSPS) is 10.3. The van der Waals surface area contributed by atoms with E-state index in [0.717, 1.165) is 28.7 Å². The second-order valence-electron chi connectivity index (χ2n) is 5.13. The van der Waals surface area contributed by atoms with Gasteiger partial charge in [-0.25, -0.2) is 0 Å². The van der Waals surface area contributed by atoms with Crippen LogP contribution in [0.25, 0.3) is 0 Å². The summed E-state index contributed by atoms with van der Waals surface area (Å²) in [5.74, 6) is -0.137. The Hall–Kier alpha value is -1.88. The van der Waals surface area contributed by atoms with Gasteiger partial charge in [-0.15, -0.1) is 0 Å². The van der Waals surface area contributed by atoms with E-state index in [2.05, 4.69) is 38.5 Å². The molecule has 0 spiro atoms. The molecule has 0 bridgehead atoms. The van der Waals surface area contributed by atoms with Gasteiger partial charge in [-0.1, -0.05) is 35.3 Å². The molecule has 5 heteroatoms. The molecule has 0 aliphatic carbocycles. The number of hydrogen-bond donors (Lipinski definition) is 2. The van der Waals surface area contributed by atoms with Crippen molar-refractivity contribution in [2.24, 2.45) is 0 Å². The van der Waals surface area contributed by atoms with Gasteiger partial charge >= 0.3 is 0 Å². The fraction of sp³-hybridized carbons (Fsp3) is 0.294. The van der Waals surface area contributed by atoms with E-state index in [4.69, 9.17) is 0 Å². The molecule has 1 aromatic carbocycles. The summed E-state index contributed by atoms with van der Waals surface area (Å²) >= 11 is 3.52. The van der Waals surface area contributed by atoms with E-state index in [1.165, 1.54) is 5.56 Å². The molecule has 1 heterocycles. The molecule has 0 atom stereocenters. The number of anilines is 2. The summed E-state index contributed by atoms with van der Waals surface area (Å²) in [5, 5.41) is 6.16. The highest BCUT2D eigenvalue weighted by molar-refractivity contribution is 9.10. The van der Waals surface area contributed by atoms with Gasteiger partial charge in [-0.2, -0.15) is 0 Å². The molecular weight excluding hydrogens is 342 g/mol. The van der Waals surface area contributed by atoms with Crippen LogP contribution >= 0.6 is 15.9 Å². The van der Waals surface area contributed by atoms with Crippen LogP contribution in [0.1, 0.15) is 35.8 Å². The standard InChI is InChI=1S/C17H20BrN3O/c1-3-4-8-20-17(22)16-11-14(7-9-19-16)21-13-6-5-12(2)15(18)10-13/h5-7,9-11H,3-4,8H2,1-2H3,(H,19,21)(H,20,22). The van der Waals surface area contributed by atoms with Crippen LogP contribution in [-0.2, 0) is 0 Å². The van der Waals surface area contributed by atoms with E-state index >= 15 is 0 Å². The topological polar surface area (TPSA) is 54.0 Å². The highest BCUT2D eigenvalue weighted by Gasteiger charge is 2.07. The van der Waals surface area contributed by atoms with Crippen molar-refractivity contribution in [1.82, 2.24) is 10.3 Å². The number of halogens is 1. The number of rotatable bonds is 6. The minimum absolute atomic E-state index is 0.137. The van der Waals surface area contributed by atoms with Gasteiger partial charge in [0.15, 0.2) is 0 Å². The van der Waals surface area contributed by atoms with Gasteiger partial charge < -0.3 is 10.6 Å². The summed E-state index contributed by atoms with van der Waals surface area (Å²) in [6.07, 6.45) is 3.67. The first kappa shape index (κ1) is 16.5. The molecule has 2 rings (SSSR count). The third kappa shape index (κ3) is 4.56. The molecule has 1 amide bonds. The zero-order chi connectivity index (χ0) is 15.9. The highest BCUT2D eigenvalue weighted by atomic mass is 79.9. The molecular formula is C17H20BrN3O. The third-order valence-electron chi connectivity index (χ3n) is 3.27. The van der Waals surface area contributed by atoms with Gasteiger partial charge in [0.2, 0.25) is 0 Å². The summed E-state index contributed by atoms with van der Waals surface area (Å²) in [7, 11) is 0. The lowest BCUT2D eigenvalue weighted by Gasteiger charge is -2.09. The summed E-state index contributed by atoms with van der Waals surface area (Å²) < 4.78 is 1.05. The van der Waals surface area contributed by atoms with Crippen molar-refractivity contribution in [2.75, 3.05) is 11.9 Å². The Bertz CT molecular complexity index is 658. The summed E-state index contributed by atoms with van der Waals surface area (Å²) in [6.45, 7) is 4.81. The van der Waals surface area contributed by atoms with Crippen molar-refractivity contribution >= 4 is 33.2 Å². The van der Waals surface area contributed by atoms with Gasteiger partial charge in [-0.3, -0.25) is 9.78 Å². The minimum atomic E-state index is -0.137. The van der Waals surface area contributed by atoms with E-state index in [9.17, 15) is 4.79 Å². The van der Waals surface area contributed by atoms with E-state index in [0.29, 0.717) is 12.2 Å². The monoisotopic (exact) mass is 361 g/mol. The van der Waals surface area contributed by atoms with Crippen LogP contribution in [0.4, 0.5) is 11.4 Å². The average Bonchev–Trinajstić information content (AvgIpc) is 2.51. The predicted octanol–water partition coefficient (Wildman–Crippen LogP) is 4.43. The molecule has 0 aliphatic heterocycles. The number of nitrogens with one attached hydrogen (secondary N) is 2. The van der Waals surface area contributed by atoms with Crippen molar-refractivity contribution in [3.05, 3.63) is 52.3 Å².